The summed E-state index contributed by atoms with van der Waals surface area (Å²) in [7, 11) is 0. The molecule has 0 unspecified atom stereocenters. The van der Waals surface area contributed by atoms with E-state index < -0.39 is 0 Å². The summed E-state index contributed by atoms with van der Waals surface area (Å²) in [5.41, 5.74) is 5.53. The molecule has 2 aromatic carbocycles. The molecule has 2 heterocycles. The van der Waals surface area contributed by atoms with Crippen LogP contribution in [0, 0.1) is 0 Å². The second kappa shape index (κ2) is 8.62. The van der Waals surface area contributed by atoms with Crippen LogP contribution in [0.3, 0.4) is 0 Å². The van der Waals surface area contributed by atoms with E-state index in [0.29, 0.717) is 0 Å². The van der Waals surface area contributed by atoms with Crippen LogP contribution in [0.5, 0.6) is 0 Å². The van der Waals surface area contributed by atoms with E-state index in [-0.39, 0.29) is 5.91 Å². The van der Waals surface area contributed by atoms with Gasteiger partial charge < -0.3 is 14.6 Å². The van der Waals surface area contributed by atoms with Crippen molar-refractivity contribution in [1.29, 1.82) is 0 Å². The van der Waals surface area contributed by atoms with Crippen molar-refractivity contribution in [2.75, 3.05) is 38.2 Å². The lowest BCUT2D eigenvalue weighted by atomic mass is 9.90. The Kier molecular flexibility index (Phi) is 5.56. The fourth-order valence-electron chi connectivity index (χ4n) is 4.62. The fraction of sp³-hybridized carbons (Fsp3) is 0.400. The summed E-state index contributed by atoms with van der Waals surface area (Å²) in [5.74, 6) is -0.0329. The number of aryl methyl sites for hydroxylation is 2. The number of carbonyl (C=O) groups is 1. The number of fused-ring (bicyclic) bond motifs is 2. The standard InChI is InChI=1S/C25H29N3O2/c29-25(22-6-5-19-3-1-2-4-20(19)17-22)26-23-7-8-24-21(18-23)9-10-28(24)12-11-27-13-15-30-16-14-27/h5-10,17-18H,1-4,11-16H2,(H,26,29). The van der Waals surface area contributed by atoms with Crippen LogP contribution in [0.15, 0.2) is 48.7 Å². The van der Waals surface area contributed by atoms with Gasteiger partial charge in [-0.05, 0) is 73.2 Å². The van der Waals surface area contributed by atoms with Gasteiger partial charge in [0.05, 0.1) is 13.2 Å². The van der Waals surface area contributed by atoms with Crippen molar-refractivity contribution in [3.8, 4) is 0 Å². The van der Waals surface area contributed by atoms with Gasteiger partial charge in [0, 0.05) is 54.5 Å². The predicted molar refractivity (Wildman–Crippen MR) is 120 cm³/mol. The first kappa shape index (κ1) is 19.3. The molecule has 1 aromatic heterocycles. The van der Waals surface area contributed by atoms with Gasteiger partial charge in [0.25, 0.3) is 5.91 Å². The number of nitrogens with zero attached hydrogens (tertiary/aromatic N) is 2. The SMILES string of the molecule is O=C(Nc1ccc2c(ccn2CCN2CCOCC2)c1)c1ccc2c(c1)CCCC2. The molecule has 1 amide bonds. The van der Waals surface area contributed by atoms with E-state index in [1.54, 1.807) is 0 Å². The zero-order valence-corrected chi connectivity index (χ0v) is 17.4. The predicted octanol–water partition coefficient (Wildman–Crippen LogP) is 4.10. The Hall–Kier alpha value is -2.63. The maximum atomic E-state index is 12.8. The molecule has 0 atom stereocenters. The highest BCUT2D eigenvalue weighted by molar-refractivity contribution is 6.05. The maximum Gasteiger partial charge on any atom is 0.255 e. The quantitative estimate of drug-likeness (QED) is 0.698. The van der Waals surface area contributed by atoms with E-state index in [9.17, 15) is 4.79 Å². The average molecular weight is 404 g/mol. The summed E-state index contributed by atoms with van der Waals surface area (Å²) in [6.07, 6.45) is 6.83. The van der Waals surface area contributed by atoms with Crippen LogP contribution in [0.4, 0.5) is 5.69 Å². The Morgan fingerprint density at radius 1 is 0.933 bits per heavy atom. The molecule has 5 rings (SSSR count). The summed E-state index contributed by atoms with van der Waals surface area (Å²) >= 11 is 0. The Morgan fingerprint density at radius 3 is 2.63 bits per heavy atom. The van der Waals surface area contributed by atoms with Gasteiger partial charge in [0.1, 0.15) is 0 Å². The molecule has 1 fully saturated rings. The molecule has 0 spiro atoms. The van der Waals surface area contributed by atoms with Crippen LogP contribution >= 0.6 is 0 Å². The zero-order valence-electron chi connectivity index (χ0n) is 17.4. The van der Waals surface area contributed by atoms with Crippen molar-refractivity contribution in [3.63, 3.8) is 0 Å². The van der Waals surface area contributed by atoms with E-state index in [0.717, 1.165) is 68.9 Å². The summed E-state index contributed by atoms with van der Waals surface area (Å²) in [4.78, 5) is 15.2. The topological polar surface area (TPSA) is 46.5 Å². The highest BCUT2D eigenvalue weighted by atomic mass is 16.5. The van der Waals surface area contributed by atoms with Gasteiger partial charge in [-0.2, -0.15) is 0 Å². The van der Waals surface area contributed by atoms with Crippen molar-refractivity contribution in [2.24, 2.45) is 0 Å². The summed E-state index contributed by atoms with van der Waals surface area (Å²) in [6.45, 7) is 5.68. The molecule has 156 valence electrons. The zero-order chi connectivity index (χ0) is 20.3. The van der Waals surface area contributed by atoms with Gasteiger partial charge in [0.15, 0.2) is 0 Å². The lowest BCUT2D eigenvalue weighted by Crippen LogP contribution is -2.38. The van der Waals surface area contributed by atoms with Crippen molar-refractivity contribution >= 4 is 22.5 Å². The molecule has 0 saturated carbocycles. The smallest absolute Gasteiger partial charge is 0.255 e. The van der Waals surface area contributed by atoms with Crippen molar-refractivity contribution < 1.29 is 9.53 Å². The highest BCUT2D eigenvalue weighted by Crippen LogP contribution is 2.24. The lowest BCUT2D eigenvalue weighted by molar-refractivity contribution is 0.0365. The Balaban J connectivity index is 1.26. The van der Waals surface area contributed by atoms with E-state index in [4.69, 9.17) is 4.74 Å². The molecule has 1 saturated heterocycles. The van der Waals surface area contributed by atoms with Gasteiger partial charge in [-0.1, -0.05) is 6.07 Å². The molecule has 0 radical (unpaired) electrons. The van der Waals surface area contributed by atoms with Crippen LogP contribution in [-0.4, -0.2) is 48.2 Å². The summed E-state index contributed by atoms with van der Waals surface area (Å²) in [6, 6.07) is 14.5. The number of morpholine rings is 1. The van der Waals surface area contributed by atoms with E-state index in [1.165, 1.54) is 29.5 Å². The van der Waals surface area contributed by atoms with Gasteiger partial charge in [0.2, 0.25) is 0 Å². The minimum Gasteiger partial charge on any atom is -0.379 e. The van der Waals surface area contributed by atoms with Crippen LogP contribution in [0.25, 0.3) is 10.9 Å². The number of nitrogens with one attached hydrogen (secondary N) is 1. The maximum absolute atomic E-state index is 12.8. The second-order valence-corrected chi connectivity index (χ2v) is 8.38. The molecule has 1 aliphatic carbocycles. The fourth-order valence-corrected chi connectivity index (χ4v) is 4.62. The minimum absolute atomic E-state index is 0.0329. The number of benzene rings is 2. The van der Waals surface area contributed by atoms with Gasteiger partial charge >= 0.3 is 0 Å². The monoisotopic (exact) mass is 403 g/mol. The third-order valence-corrected chi connectivity index (χ3v) is 6.40. The first-order chi connectivity index (χ1) is 14.8. The van der Waals surface area contributed by atoms with E-state index in [2.05, 4.69) is 51.3 Å². The van der Waals surface area contributed by atoms with E-state index >= 15 is 0 Å². The third kappa shape index (κ3) is 4.13. The first-order valence-electron chi connectivity index (χ1n) is 11.1. The molecule has 1 aliphatic heterocycles. The molecular weight excluding hydrogens is 374 g/mol. The molecule has 1 N–H and O–H groups in total. The van der Waals surface area contributed by atoms with Crippen molar-refractivity contribution in [3.05, 3.63) is 65.4 Å². The average Bonchev–Trinajstić information content (AvgIpc) is 3.20. The number of hydrogen-bond donors (Lipinski definition) is 1. The minimum atomic E-state index is -0.0329. The number of anilines is 1. The first-order valence-corrected chi connectivity index (χ1v) is 11.1. The number of amides is 1. The van der Waals surface area contributed by atoms with Crippen LogP contribution in [0.1, 0.15) is 34.3 Å². The van der Waals surface area contributed by atoms with Gasteiger partial charge in [-0.25, -0.2) is 0 Å². The molecule has 30 heavy (non-hydrogen) atoms. The normalized spacial score (nSPS) is 17.1. The van der Waals surface area contributed by atoms with E-state index in [1.807, 2.05) is 12.1 Å². The summed E-state index contributed by atoms with van der Waals surface area (Å²) in [5, 5.41) is 4.23. The Morgan fingerprint density at radius 2 is 1.77 bits per heavy atom. The van der Waals surface area contributed by atoms with Crippen molar-refractivity contribution in [2.45, 2.75) is 32.2 Å². The molecular formula is C25H29N3O2. The molecule has 0 bridgehead atoms. The molecule has 5 heteroatoms. The van der Waals surface area contributed by atoms with Crippen LogP contribution < -0.4 is 5.32 Å². The highest BCUT2D eigenvalue weighted by Gasteiger charge is 2.14. The largest absolute Gasteiger partial charge is 0.379 e. The second-order valence-electron chi connectivity index (χ2n) is 8.38. The van der Waals surface area contributed by atoms with Gasteiger partial charge in [-0.15, -0.1) is 0 Å². The number of carbonyl (C=O) groups excluding carboxylic acids is 1. The van der Waals surface area contributed by atoms with Crippen LogP contribution in [0.2, 0.25) is 0 Å². The number of aromatic nitrogens is 1. The Bertz CT molecular complexity index is 1050. The van der Waals surface area contributed by atoms with Gasteiger partial charge in [-0.3, -0.25) is 9.69 Å². The number of ether oxygens (including phenoxy) is 1. The summed E-state index contributed by atoms with van der Waals surface area (Å²) < 4.78 is 7.72. The number of hydrogen-bond acceptors (Lipinski definition) is 3. The van der Waals surface area contributed by atoms with Crippen LogP contribution in [-0.2, 0) is 24.1 Å². The molecule has 3 aromatic rings. The molecule has 2 aliphatic rings. The third-order valence-electron chi connectivity index (χ3n) is 6.40. The molecule has 5 nitrogen and oxygen atoms in total. The van der Waals surface area contributed by atoms with Crippen molar-refractivity contribution in [1.82, 2.24) is 9.47 Å². The number of rotatable bonds is 5. The lowest BCUT2D eigenvalue weighted by Gasteiger charge is -2.26. The Labute approximate surface area is 177 Å².